The minimum Gasteiger partial charge on any atom is -0.423 e. The smallest absolute Gasteiger partial charge is 0.219 e. The number of halogens is 1. The van der Waals surface area contributed by atoms with E-state index >= 15 is 0 Å². The molecule has 222 valence electrons. The van der Waals surface area contributed by atoms with Crippen LogP contribution in [0.25, 0.3) is 0 Å². The van der Waals surface area contributed by atoms with Gasteiger partial charge < -0.3 is 14.6 Å². The van der Waals surface area contributed by atoms with Gasteiger partial charge in [-0.25, -0.2) is 4.98 Å². The molecule has 5 rings (SSSR count). The summed E-state index contributed by atoms with van der Waals surface area (Å²) in [4.78, 5) is 10.4. The van der Waals surface area contributed by atoms with Crippen molar-refractivity contribution in [1.82, 2.24) is 9.88 Å². The highest BCUT2D eigenvalue weighted by Crippen LogP contribution is 2.45. The number of oxazole rings is 1. The fraction of sp³-hybridized carbons (Fsp3) is 0.571. The summed E-state index contributed by atoms with van der Waals surface area (Å²) in [6.45, 7) is 13.3. The van der Waals surface area contributed by atoms with Gasteiger partial charge in [-0.2, -0.15) is 0 Å². The summed E-state index contributed by atoms with van der Waals surface area (Å²) in [5, 5.41) is 4.59. The first-order valence-electron chi connectivity index (χ1n) is 15.9. The van der Waals surface area contributed by atoms with Crippen LogP contribution in [0.15, 0.2) is 59.0 Å². The molecule has 2 fully saturated rings. The topological polar surface area (TPSA) is 44.5 Å². The molecular formula is C35H49ClN4O. The lowest BCUT2D eigenvalue weighted by molar-refractivity contribution is 0.0624. The van der Waals surface area contributed by atoms with Crippen molar-refractivity contribution in [2.24, 2.45) is 11.8 Å². The maximum absolute atomic E-state index is 6.83. The third-order valence-corrected chi connectivity index (χ3v) is 9.80. The molecular weight excluding hydrogens is 528 g/mol. The highest BCUT2D eigenvalue weighted by atomic mass is 35.5. The van der Waals surface area contributed by atoms with Crippen LogP contribution in [0.1, 0.15) is 95.8 Å². The zero-order valence-corrected chi connectivity index (χ0v) is 26.3. The van der Waals surface area contributed by atoms with Crippen LogP contribution in [-0.4, -0.2) is 41.6 Å². The molecule has 6 heteroatoms. The molecule has 3 aromatic rings. The van der Waals surface area contributed by atoms with Crippen molar-refractivity contribution >= 4 is 23.2 Å². The van der Waals surface area contributed by atoms with Crippen LogP contribution >= 0.6 is 11.6 Å². The Morgan fingerprint density at radius 2 is 1.61 bits per heavy atom. The van der Waals surface area contributed by atoms with E-state index in [-0.39, 0.29) is 11.6 Å². The first-order valence-corrected chi connectivity index (χ1v) is 16.3. The molecule has 1 saturated carbocycles. The van der Waals surface area contributed by atoms with Crippen LogP contribution in [0.2, 0.25) is 5.02 Å². The quantitative estimate of drug-likeness (QED) is 0.247. The number of rotatable bonds is 11. The fourth-order valence-electron chi connectivity index (χ4n) is 7.17. The molecule has 2 heterocycles. The lowest BCUT2D eigenvalue weighted by Crippen LogP contribution is -2.44. The average molecular weight is 577 g/mol. The lowest BCUT2D eigenvalue weighted by atomic mass is 9.71. The lowest BCUT2D eigenvalue weighted by Gasteiger charge is -2.44. The van der Waals surface area contributed by atoms with Gasteiger partial charge in [0.25, 0.3) is 0 Å². The highest BCUT2D eigenvalue weighted by molar-refractivity contribution is 6.30. The molecule has 0 amide bonds. The van der Waals surface area contributed by atoms with Crippen molar-refractivity contribution < 1.29 is 4.42 Å². The van der Waals surface area contributed by atoms with Gasteiger partial charge in [0.1, 0.15) is 5.69 Å². The van der Waals surface area contributed by atoms with Gasteiger partial charge in [0.2, 0.25) is 11.8 Å². The predicted molar refractivity (Wildman–Crippen MR) is 172 cm³/mol. The van der Waals surface area contributed by atoms with Crippen molar-refractivity contribution in [2.45, 2.75) is 90.6 Å². The van der Waals surface area contributed by atoms with Crippen LogP contribution in [0.5, 0.6) is 0 Å². The summed E-state index contributed by atoms with van der Waals surface area (Å²) in [7, 11) is 0. The number of hydrogen-bond donors (Lipinski definition) is 1. The fourth-order valence-corrected chi connectivity index (χ4v) is 7.29. The Hall–Kier alpha value is -2.50. The SMILES string of the molecule is CCN(CC)c1oc(C(C2CCC(C(C)(C)Nc3ccc(Cl)cc3)CC2)N2CCCCC2)nc1Cc1ccccc1. The monoisotopic (exact) mass is 576 g/mol. The average Bonchev–Trinajstić information content (AvgIpc) is 3.39. The van der Waals surface area contributed by atoms with Crippen LogP contribution in [0.3, 0.4) is 0 Å². The number of likely N-dealkylation sites (tertiary alicyclic amines) is 1. The number of hydrogen-bond acceptors (Lipinski definition) is 5. The standard InChI is InChI=1S/C35H49ClN4O/c1-5-39(6-2)34-31(25-26-13-9-7-10-14-26)37-33(41-34)32(40-23-11-8-12-24-40)27-15-17-28(18-16-27)35(3,4)38-30-21-19-29(36)20-22-30/h7,9-10,13-14,19-22,27-28,32,38H,5-6,8,11-12,15-18,23-25H2,1-4H3. The Bertz CT molecular complexity index is 1210. The van der Waals surface area contributed by atoms with Gasteiger partial charge in [0, 0.05) is 35.8 Å². The molecule has 1 saturated heterocycles. The molecule has 1 N–H and O–H groups in total. The summed E-state index contributed by atoms with van der Waals surface area (Å²) in [6, 6.07) is 19.1. The first kappa shape index (κ1) is 30.0. The molecule has 1 aliphatic heterocycles. The van der Waals surface area contributed by atoms with E-state index < -0.39 is 0 Å². The van der Waals surface area contributed by atoms with Gasteiger partial charge in [-0.1, -0.05) is 48.4 Å². The van der Waals surface area contributed by atoms with Crippen molar-refractivity contribution in [3.63, 3.8) is 0 Å². The van der Waals surface area contributed by atoms with E-state index in [2.05, 4.69) is 85.3 Å². The molecule has 1 aliphatic carbocycles. The summed E-state index contributed by atoms with van der Waals surface area (Å²) in [6.07, 6.45) is 9.50. The second-order valence-corrected chi connectivity index (χ2v) is 13.1. The van der Waals surface area contributed by atoms with Gasteiger partial charge in [0.05, 0.1) is 6.04 Å². The highest BCUT2D eigenvalue weighted by Gasteiger charge is 2.40. The van der Waals surface area contributed by atoms with E-state index in [4.69, 9.17) is 21.0 Å². The first-order chi connectivity index (χ1) is 19.9. The number of aromatic nitrogens is 1. The Labute approximate surface area is 252 Å². The van der Waals surface area contributed by atoms with Crippen molar-refractivity contribution in [2.75, 3.05) is 36.4 Å². The van der Waals surface area contributed by atoms with Crippen LogP contribution in [0, 0.1) is 11.8 Å². The molecule has 2 aromatic carbocycles. The van der Waals surface area contributed by atoms with Crippen LogP contribution in [0.4, 0.5) is 11.6 Å². The predicted octanol–water partition coefficient (Wildman–Crippen LogP) is 8.99. The minimum atomic E-state index is 0.0150. The third kappa shape index (κ3) is 7.29. The number of nitrogens with one attached hydrogen (secondary N) is 1. The molecule has 41 heavy (non-hydrogen) atoms. The van der Waals surface area contributed by atoms with Gasteiger partial charge in [-0.3, -0.25) is 4.90 Å². The Balaban J connectivity index is 1.37. The van der Waals surface area contributed by atoms with E-state index in [9.17, 15) is 0 Å². The van der Waals surface area contributed by atoms with Crippen LogP contribution < -0.4 is 10.2 Å². The van der Waals surface area contributed by atoms with E-state index in [0.717, 1.165) is 60.8 Å². The maximum Gasteiger partial charge on any atom is 0.219 e. The van der Waals surface area contributed by atoms with E-state index in [1.54, 1.807) is 0 Å². The van der Waals surface area contributed by atoms with Gasteiger partial charge in [-0.15, -0.1) is 0 Å². The molecule has 0 radical (unpaired) electrons. The minimum absolute atomic E-state index is 0.0150. The van der Waals surface area contributed by atoms with E-state index in [0.29, 0.717) is 11.8 Å². The third-order valence-electron chi connectivity index (χ3n) is 9.55. The molecule has 2 aliphatic rings. The maximum atomic E-state index is 6.83. The summed E-state index contributed by atoms with van der Waals surface area (Å²) in [5.74, 6) is 3.09. The molecule has 0 spiro atoms. The van der Waals surface area contributed by atoms with Gasteiger partial charge in [-0.05, 0) is 121 Å². The zero-order chi connectivity index (χ0) is 28.8. The second-order valence-electron chi connectivity index (χ2n) is 12.6. The zero-order valence-electron chi connectivity index (χ0n) is 25.5. The number of anilines is 2. The van der Waals surface area contributed by atoms with E-state index in [1.807, 2.05) is 12.1 Å². The number of benzene rings is 2. The van der Waals surface area contributed by atoms with Gasteiger partial charge >= 0.3 is 0 Å². The summed E-state index contributed by atoms with van der Waals surface area (Å²) >= 11 is 6.13. The number of nitrogens with zero attached hydrogens (tertiary/aromatic N) is 3. The van der Waals surface area contributed by atoms with Crippen molar-refractivity contribution in [1.29, 1.82) is 0 Å². The molecule has 1 atom stereocenters. The van der Waals surface area contributed by atoms with Crippen LogP contribution in [-0.2, 0) is 6.42 Å². The Morgan fingerprint density at radius 3 is 2.24 bits per heavy atom. The van der Waals surface area contributed by atoms with Gasteiger partial charge in [0.15, 0.2) is 0 Å². The Kier molecular flexibility index (Phi) is 9.98. The summed E-state index contributed by atoms with van der Waals surface area (Å²) < 4.78 is 6.83. The van der Waals surface area contributed by atoms with Crippen molar-refractivity contribution in [3.05, 3.63) is 76.8 Å². The van der Waals surface area contributed by atoms with Crippen molar-refractivity contribution in [3.8, 4) is 0 Å². The molecule has 1 unspecified atom stereocenters. The molecule has 0 bridgehead atoms. The summed E-state index contributed by atoms with van der Waals surface area (Å²) in [5.41, 5.74) is 3.52. The molecule has 5 nitrogen and oxygen atoms in total. The number of piperidine rings is 1. The second kappa shape index (κ2) is 13.6. The normalized spacial score (nSPS) is 21.0. The molecule has 1 aromatic heterocycles. The largest absolute Gasteiger partial charge is 0.423 e. The Morgan fingerprint density at radius 1 is 0.951 bits per heavy atom. The van der Waals surface area contributed by atoms with E-state index in [1.165, 1.54) is 50.5 Å².